The van der Waals surface area contributed by atoms with Crippen LogP contribution in [0.2, 0.25) is 0 Å². The Kier molecular flexibility index (Phi) is 7.10. The van der Waals surface area contributed by atoms with Crippen LogP contribution in [0.15, 0.2) is 17.2 Å². The van der Waals surface area contributed by atoms with E-state index in [0.29, 0.717) is 29.8 Å². The van der Waals surface area contributed by atoms with Crippen LogP contribution in [0.3, 0.4) is 0 Å². The summed E-state index contributed by atoms with van der Waals surface area (Å²) < 4.78 is 16.6. The second kappa shape index (κ2) is 9.83. The van der Waals surface area contributed by atoms with Gasteiger partial charge in [-0.2, -0.15) is 0 Å². The smallest absolute Gasteiger partial charge is 0.261 e. The topological polar surface area (TPSA) is 83.3 Å². The van der Waals surface area contributed by atoms with Gasteiger partial charge in [-0.25, -0.2) is 14.4 Å². The van der Waals surface area contributed by atoms with Gasteiger partial charge < -0.3 is 19.9 Å². The molecule has 2 aromatic heterocycles. The van der Waals surface area contributed by atoms with Crippen molar-refractivity contribution in [2.24, 2.45) is 0 Å². The highest BCUT2D eigenvalue weighted by molar-refractivity contribution is 5.81. The summed E-state index contributed by atoms with van der Waals surface area (Å²) in [4.78, 5) is 24.6. The Balaban J connectivity index is 1.79. The average Bonchev–Trinajstić information content (AvgIpc) is 2.75. The maximum Gasteiger partial charge on any atom is 0.261 e. The van der Waals surface area contributed by atoms with Gasteiger partial charge in [0.2, 0.25) is 5.95 Å². The molecule has 8 heteroatoms. The van der Waals surface area contributed by atoms with E-state index in [2.05, 4.69) is 24.1 Å². The van der Waals surface area contributed by atoms with E-state index in [1.807, 2.05) is 18.1 Å². The van der Waals surface area contributed by atoms with Crippen molar-refractivity contribution >= 4 is 16.9 Å². The molecule has 1 unspecified atom stereocenters. The highest BCUT2D eigenvalue weighted by Gasteiger charge is 2.32. The molecule has 0 spiro atoms. The summed E-state index contributed by atoms with van der Waals surface area (Å²) in [6, 6.07) is -0.240. The number of nitrogens with one attached hydrogen (secondary N) is 1. The third-order valence-electron chi connectivity index (χ3n) is 7.11. The lowest BCUT2D eigenvalue weighted by atomic mass is 9.82. The van der Waals surface area contributed by atoms with Gasteiger partial charge in [0.05, 0.1) is 23.0 Å². The van der Waals surface area contributed by atoms with Gasteiger partial charge in [0.15, 0.2) is 0 Å². The van der Waals surface area contributed by atoms with Crippen molar-refractivity contribution in [3.05, 3.63) is 28.3 Å². The molecule has 176 valence electrons. The molecule has 1 saturated carbocycles. The van der Waals surface area contributed by atoms with Crippen molar-refractivity contribution in [1.29, 1.82) is 0 Å². The van der Waals surface area contributed by atoms with E-state index < -0.39 is 12.2 Å². The molecule has 1 aliphatic heterocycles. The molecule has 4 rings (SSSR count). The lowest BCUT2D eigenvalue weighted by molar-refractivity contribution is 0.105. The molecule has 2 aromatic rings. The predicted octanol–water partition coefficient (Wildman–Crippen LogP) is 3.63. The number of piperidine rings is 1. The van der Waals surface area contributed by atoms with Crippen LogP contribution in [0.1, 0.15) is 76.3 Å². The van der Waals surface area contributed by atoms with Crippen molar-refractivity contribution in [2.45, 2.75) is 89.1 Å². The monoisotopic (exact) mass is 445 g/mol. The third kappa shape index (κ3) is 4.81. The first kappa shape index (κ1) is 23.1. The number of pyridine rings is 1. The number of rotatable bonds is 6. The quantitative estimate of drug-likeness (QED) is 0.707. The Morgan fingerprint density at radius 2 is 2.03 bits per heavy atom. The summed E-state index contributed by atoms with van der Waals surface area (Å²) in [6.07, 6.45) is 7.89. The Hall–Kier alpha value is -2.06. The number of hydrogen-bond donors (Lipinski definition) is 2. The van der Waals surface area contributed by atoms with E-state index >= 15 is 0 Å². The second-order valence-corrected chi connectivity index (χ2v) is 9.73. The Bertz CT molecular complexity index is 988. The highest BCUT2D eigenvalue weighted by atomic mass is 19.1. The van der Waals surface area contributed by atoms with E-state index in [-0.39, 0.29) is 23.6 Å². The maximum absolute atomic E-state index is 15.0. The van der Waals surface area contributed by atoms with Crippen LogP contribution in [-0.4, -0.2) is 63.0 Å². The first-order valence-electron chi connectivity index (χ1n) is 12.1. The Morgan fingerprint density at radius 1 is 1.28 bits per heavy atom. The molecule has 3 heterocycles. The average molecular weight is 446 g/mol. The van der Waals surface area contributed by atoms with Crippen LogP contribution in [0.4, 0.5) is 10.3 Å². The fourth-order valence-electron chi connectivity index (χ4n) is 5.25. The van der Waals surface area contributed by atoms with Gasteiger partial charge in [0.25, 0.3) is 5.56 Å². The van der Waals surface area contributed by atoms with E-state index in [4.69, 9.17) is 4.98 Å². The summed E-state index contributed by atoms with van der Waals surface area (Å²) in [7, 11) is 1.91. The highest BCUT2D eigenvalue weighted by Crippen LogP contribution is 2.36. The SMILES string of the molecule is CCCC(C)Nc1ncc2c(=O)n([C@H]3CCN(C)C[C@@H]3F)cc(C3CCC(O)CC3)c2n1. The first-order valence-corrected chi connectivity index (χ1v) is 12.1. The van der Waals surface area contributed by atoms with Crippen molar-refractivity contribution < 1.29 is 9.50 Å². The third-order valence-corrected chi connectivity index (χ3v) is 7.11. The molecule has 1 aliphatic carbocycles. The number of anilines is 1. The second-order valence-electron chi connectivity index (χ2n) is 9.73. The molecule has 0 amide bonds. The van der Waals surface area contributed by atoms with Crippen molar-refractivity contribution in [3.63, 3.8) is 0 Å². The number of alkyl halides is 1. The molecule has 0 bridgehead atoms. The number of likely N-dealkylation sites (tertiary alicyclic amines) is 1. The van der Waals surface area contributed by atoms with E-state index in [0.717, 1.165) is 50.6 Å². The lowest BCUT2D eigenvalue weighted by Gasteiger charge is -2.34. The van der Waals surface area contributed by atoms with Crippen molar-refractivity contribution in [3.8, 4) is 0 Å². The van der Waals surface area contributed by atoms with E-state index in [1.54, 1.807) is 10.8 Å². The summed E-state index contributed by atoms with van der Waals surface area (Å²) >= 11 is 0. The van der Waals surface area contributed by atoms with Gasteiger partial charge >= 0.3 is 0 Å². The minimum Gasteiger partial charge on any atom is -0.393 e. The molecular weight excluding hydrogens is 409 g/mol. The minimum atomic E-state index is -1.10. The van der Waals surface area contributed by atoms with E-state index in [1.165, 1.54) is 0 Å². The zero-order valence-corrected chi connectivity index (χ0v) is 19.4. The standard InChI is InChI=1S/C24H36FN5O2/c1-4-5-15(2)27-24-26-12-18-22(28-24)19(16-6-8-17(31)9-7-16)13-30(23(18)32)21-10-11-29(3)14-20(21)25/h12-13,15-17,20-21,31H,4-11,14H2,1-3H3,(H,26,27,28)/t15?,16?,17?,20-,21-/m0/s1. The molecule has 3 atom stereocenters. The molecule has 2 fully saturated rings. The number of aromatic nitrogens is 3. The fraction of sp³-hybridized carbons (Fsp3) is 0.708. The molecule has 7 nitrogen and oxygen atoms in total. The van der Waals surface area contributed by atoms with Crippen molar-refractivity contribution in [1.82, 2.24) is 19.4 Å². The van der Waals surface area contributed by atoms with Crippen LogP contribution in [-0.2, 0) is 0 Å². The first-order chi connectivity index (χ1) is 15.4. The Morgan fingerprint density at radius 3 is 2.72 bits per heavy atom. The number of aliphatic hydroxyl groups is 1. The summed E-state index contributed by atoms with van der Waals surface area (Å²) in [5.41, 5.74) is 1.42. The molecule has 0 aromatic carbocycles. The summed E-state index contributed by atoms with van der Waals surface area (Å²) in [6.45, 7) is 5.32. The lowest BCUT2D eigenvalue weighted by Crippen LogP contribution is -2.43. The predicted molar refractivity (Wildman–Crippen MR) is 125 cm³/mol. The molecule has 1 saturated heterocycles. The van der Waals surface area contributed by atoms with Gasteiger partial charge in [-0.3, -0.25) is 4.79 Å². The van der Waals surface area contributed by atoms with Gasteiger partial charge in [-0.15, -0.1) is 0 Å². The zero-order chi connectivity index (χ0) is 22.8. The van der Waals surface area contributed by atoms with Crippen molar-refractivity contribution in [2.75, 3.05) is 25.5 Å². The molecule has 32 heavy (non-hydrogen) atoms. The molecular formula is C24H36FN5O2. The molecule has 2 aliphatic rings. The van der Waals surface area contributed by atoms with Gasteiger partial charge in [-0.05, 0) is 64.0 Å². The van der Waals surface area contributed by atoms with Crippen LogP contribution in [0.5, 0.6) is 0 Å². The number of aliphatic hydroxyl groups excluding tert-OH is 1. The molecule has 0 radical (unpaired) electrons. The zero-order valence-electron chi connectivity index (χ0n) is 19.4. The fourth-order valence-corrected chi connectivity index (χ4v) is 5.25. The summed E-state index contributed by atoms with van der Waals surface area (Å²) in [5, 5.41) is 13.8. The van der Waals surface area contributed by atoms with E-state index in [9.17, 15) is 14.3 Å². The Labute approximate surface area is 189 Å². The number of nitrogens with zero attached hydrogens (tertiary/aromatic N) is 4. The van der Waals surface area contributed by atoms with Crippen LogP contribution < -0.4 is 10.9 Å². The number of hydrogen-bond acceptors (Lipinski definition) is 6. The number of halogens is 1. The molecule has 2 N–H and O–H groups in total. The van der Waals surface area contributed by atoms with Gasteiger partial charge in [0.1, 0.15) is 6.17 Å². The summed E-state index contributed by atoms with van der Waals surface area (Å²) in [5.74, 6) is 0.711. The van der Waals surface area contributed by atoms with Gasteiger partial charge in [0, 0.05) is 31.5 Å². The number of fused-ring (bicyclic) bond motifs is 1. The van der Waals surface area contributed by atoms with Gasteiger partial charge in [-0.1, -0.05) is 13.3 Å². The van der Waals surface area contributed by atoms with Crippen LogP contribution >= 0.6 is 0 Å². The normalized spacial score (nSPS) is 28.0. The maximum atomic E-state index is 15.0. The minimum absolute atomic E-state index is 0.188. The van der Waals surface area contributed by atoms with Crippen LogP contribution in [0.25, 0.3) is 10.9 Å². The van der Waals surface area contributed by atoms with Crippen LogP contribution in [0, 0.1) is 0 Å². The largest absolute Gasteiger partial charge is 0.393 e.